The van der Waals surface area contributed by atoms with E-state index in [1.165, 1.54) is 0 Å². The number of alkyl halides is 7. The molecule has 0 saturated heterocycles. The van der Waals surface area contributed by atoms with Crippen molar-refractivity contribution in [2.24, 2.45) is 0 Å². The van der Waals surface area contributed by atoms with Gasteiger partial charge < -0.3 is 0 Å². The predicted molar refractivity (Wildman–Crippen MR) is 73.7 cm³/mol. The van der Waals surface area contributed by atoms with Gasteiger partial charge >= 0.3 is 17.4 Å². The van der Waals surface area contributed by atoms with E-state index in [4.69, 9.17) is 0 Å². The lowest BCUT2D eigenvalue weighted by Crippen LogP contribution is -2.49. The van der Waals surface area contributed by atoms with Crippen LogP contribution in [0.15, 0.2) is 23.1 Å². The second kappa shape index (κ2) is 5.73. The Morgan fingerprint density at radius 3 is 1.58 bits per heavy atom. The molecule has 108 valence electrons. The maximum Gasteiger partial charge on any atom is 0.460 e. The summed E-state index contributed by atoms with van der Waals surface area (Å²) in [7, 11) is 0. The van der Waals surface area contributed by atoms with E-state index in [1.807, 2.05) is 0 Å². The molecule has 0 aliphatic carbocycles. The van der Waals surface area contributed by atoms with Crippen molar-refractivity contribution in [3.63, 3.8) is 0 Å². The van der Waals surface area contributed by atoms with Crippen LogP contribution >= 0.6 is 56.9 Å². The molecule has 0 radical (unpaired) electrons. The van der Waals surface area contributed by atoms with Crippen LogP contribution in [-0.4, -0.2) is 17.4 Å². The molecule has 10 heteroatoms. The summed E-state index contributed by atoms with van der Waals surface area (Å²) in [6.45, 7) is 0. The van der Waals surface area contributed by atoms with Gasteiger partial charge in [0.2, 0.25) is 0 Å². The smallest absolute Gasteiger partial charge is 0.188 e. The number of benzene rings is 1. The van der Waals surface area contributed by atoms with E-state index < -0.39 is 29.1 Å². The highest BCUT2D eigenvalue weighted by Crippen LogP contribution is 2.53. The molecular formula is C9H3F7I2S. The topological polar surface area (TPSA) is 0 Å². The van der Waals surface area contributed by atoms with Gasteiger partial charge in [-0.25, -0.2) is 0 Å². The second-order valence-corrected chi connectivity index (χ2v) is 6.98. The maximum atomic E-state index is 13.1. The van der Waals surface area contributed by atoms with E-state index in [0.717, 1.165) is 12.1 Å². The highest BCUT2D eigenvalue weighted by atomic mass is 127. The zero-order valence-corrected chi connectivity index (χ0v) is 13.7. The van der Waals surface area contributed by atoms with Crippen molar-refractivity contribution in [2.75, 3.05) is 0 Å². The summed E-state index contributed by atoms with van der Waals surface area (Å²) in [5.74, 6) is -6.10. The number of hydrogen-bond acceptors (Lipinski definition) is 1. The van der Waals surface area contributed by atoms with Crippen molar-refractivity contribution in [1.29, 1.82) is 0 Å². The molecule has 1 aromatic rings. The summed E-state index contributed by atoms with van der Waals surface area (Å²) >= 11 is 2.69. The Morgan fingerprint density at radius 1 is 0.789 bits per heavy atom. The van der Waals surface area contributed by atoms with E-state index in [0.29, 0.717) is 7.14 Å². The van der Waals surface area contributed by atoms with Gasteiger partial charge in [0.25, 0.3) is 0 Å². The third kappa shape index (κ3) is 4.02. The van der Waals surface area contributed by atoms with Gasteiger partial charge in [-0.15, -0.1) is 0 Å². The molecule has 0 amide bonds. The number of thioether (sulfide) groups is 1. The average Bonchev–Trinajstić information content (AvgIpc) is 2.12. The fourth-order valence-corrected chi connectivity index (χ4v) is 4.24. The van der Waals surface area contributed by atoms with Gasteiger partial charge in [0.05, 0.1) is 0 Å². The standard InChI is InChI=1S/C9H3F7I2S/c10-7(11,8(12,13)14)9(15,16)19-6-2-4(17)1-5(18)3-6/h1-3H. The Kier molecular flexibility index (Phi) is 5.31. The molecule has 19 heavy (non-hydrogen) atoms. The van der Waals surface area contributed by atoms with Crippen molar-refractivity contribution in [1.82, 2.24) is 0 Å². The highest BCUT2D eigenvalue weighted by molar-refractivity contribution is 14.1. The maximum absolute atomic E-state index is 13.1. The first-order chi connectivity index (χ1) is 8.37. The van der Waals surface area contributed by atoms with E-state index in [-0.39, 0.29) is 4.90 Å². The molecule has 0 aliphatic rings. The molecule has 0 aromatic heterocycles. The highest BCUT2D eigenvalue weighted by Gasteiger charge is 2.73. The van der Waals surface area contributed by atoms with Gasteiger partial charge in [0.1, 0.15) is 0 Å². The largest absolute Gasteiger partial charge is 0.460 e. The molecule has 0 saturated carbocycles. The van der Waals surface area contributed by atoms with Gasteiger partial charge in [-0.1, -0.05) is 0 Å². The molecule has 0 spiro atoms. The predicted octanol–water partition coefficient (Wildman–Crippen LogP) is 5.78. The lowest BCUT2D eigenvalue weighted by atomic mass is 10.3. The Hall–Kier alpha value is 0.540. The average molecular weight is 530 g/mol. The Balaban J connectivity index is 3.09. The third-order valence-corrected chi connectivity index (χ3v) is 4.03. The molecule has 0 nitrogen and oxygen atoms in total. The van der Waals surface area contributed by atoms with Crippen LogP contribution in [0, 0.1) is 7.14 Å². The molecule has 0 unspecified atom stereocenters. The van der Waals surface area contributed by atoms with E-state index in [1.54, 1.807) is 51.2 Å². The number of halogens is 9. The minimum absolute atomic E-state index is 0.356. The first-order valence-electron chi connectivity index (χ1n) is 4.34. The fraction of sp³-hybridized carbons (Fsp3) is 0.333. The second-order valence-electron chi connectivity index (χ2n) is 3.30. The Bertz CT molecular complexity index is 452. The summed E-state index contributed by atoms with van der Waals surface area (Å²) in [4.78, 5) is -0.356. The monoisotopic (exact) mass is 530 g/mol. The zero-order chi connectivity index (χ0) is 15.1. The summed E-state index contributed by atoms with van der Waals surface area (Å²) in [6, 6.07) is 3.77. The molecule has 0 fully saturated rings. The first-order valence-corrected chi connectivity index (χ1v) is 7.32. The Labute approximate surface area is 134 Å². The summed E-state index contributed by atoms with van der Waals surface area (Å²) in [5.41, 5.74) is 0. The fourth-order valence-electron chi connectivity index (χ4n) is 0.965. The third-order valence-electron chi connectivity index (χ3n) is 1.80. The molecule has 0 atom stereocenters. The molecule has 0 bridgehead atoms. The van der Waals surface area contributed by atoms with E-state index in [2.05, 4.69) is 0 Å². The van der Waals surface area contributed by atoms with Crippen molar-refractivity contribution in [2.45, 2.75) is 22.2 Å². The molecule has 1 rings (SSSR count). The summed E-state index contributed by atoms with van der Waals surface area (Å²) in [6.07, 6.45) is -6.31. The van der Waals surface area contributed by atoms with Crippen LogP contribution in [0.25, 0.3) is 0 Å². The number of rotatable bonds is 3. The normalized spacial score (nSPS) is 13.7. The lowest BCUT2D eigenvalue weighted by molar-refractivity contribution is -0.330. The van der Waals surface area contributed by atoms with Crippen molar-refractivity contribution < 1.29 is 30.7 Å². The van der Waals surface area contributed by atoms with Gasteiger partial charge in [-0.3, -0.25) is 0 Å². The van der Waals surface area contributed by atoms with Crippen LogP contribution in [0.5, 0.6) is 0 Å². The van der Waals surface area contributed by atoms with Crippen LogP contribution in [0.4, 0.5) is 30.7 Å². The van der Waals surface area contributed by atoms with Crippen LogP contribution < -0.4 is 0 Å². The molecular weight excluding hydrogens is 527 g/mol. The van der Waals surface area contributed by atoms with Crippen LogP contribution in [0.2, 0.25) is 0 Å². The summed E-state index contributed by atoms with van der Waals surface area (Å²) in [5, 5.41) is -5.28. The quantitative estimate of drug-likeness (QED) is 0.272. The van der Waals surface area contributed by atoms with Crippen molar-refractivity contribution >= 4 is 56.9 Å². The van der Waals surface area contributed by atoms with Gasteiger partial charge in [0, 0.05) is 12.0 Å². The molecule has 0 aliphatic heterocycles. The van der Waals surface area contributed by atoms with E-state index >= 15 is 0 Å². The van der Waals surface area contributed by atoms with Crippen LogP contribution in [0.1, 0.15) is 0 Å². The van der Waals surface area contributed by atoms with Crippen LogP contribution in [-0.2, 0) is 0 Å². The van der Waals surface area contributed by atoms with E-state index in [9.17, 15) is 30.7 Å². The lowest BCUT2D eigenvalue weighted by Gasteiger charge is -2.27. The number of hydrogen-bond donors (Lipinski definition) is 0. The molecule has 0 N–H and O–H groups in total. The molecule has 0 heterocycles. The van der Waals surface area contributed by atoms with Gasteiger partial charge in [-0.2, -0.15) is 30.7 Å². The van der Waals surface area contributed by atoms with Crippen molar-refractivity contribution in [3.05, 3.63) is 25.3 Å². The summed E-state index contributed by atoms with van der Waals surface area (Å²) < 4.78 is 88.4. The van der Waals surface area contributed by atoms with Crippen molar-refractivity contribution in [3.8, 4) is 0 Å². The van der Waals surface area contributed by atoms with Crippen LogP contribution in [0.3, 0.4) is 0 Å². The Morgan fingerprint density at radius 2 is 1.21 bits per heavy atom. The zero-order valence-electron chi connectivity index (χ0n) is 8.54. The van der Waals surface area contributed by atoms with Gasteiger partial charge in [-0.05, 0) is 75.1 Å². The van der Waals surface area contributed by atoms with Gasteiger partial charge in [0.15, 0.2) is 0 Å². The SMILES string of the molecule is FC(F)(F)C(F)(F)C(F)(F)Sc1cc(I)cc(I)c1. The first kappa shape index (κ1) is 17.6. The molecule has 1 aromatic carbocycles. The minimum Gasteiger partial charge on any atom is -0.188 e. The minimum atomic E-state index is -6.31.